The Bertz CT molecular complexity index is 174. The summed E-state index contributed by atoms with van der Waals surface area (Å²) in [6, 6.07) is 0.242. The number of nitrogens with one attached hydrogen (secondary N) is 1. The van der Waals surface area contributed by atoms with Crippen LogP contribution in [0.2, 0.25) is 0 Å². The zero-order valence-electron chi connectivity index (χ0n) is 10.3. The van der Waals surface area contributed by atoms with E-state index in [0.29, 0.717) is 0 Å². The fraction of sp³-hybridized carbons (Fsp3) is 1.00. The van der Waals surface area contributed by atoms with Crippen LogP contribution >= 0.6 is 0 Å². The molecule has 0 aromatic rings. The molecule has 90 valence electrons. The molecule has 1 heterocycles. The SMILES string of the molecule is COC(OC)C(C)NCC1CCN(C)C1. The summed E-state index contributed by atoms with van der Waals surface area (Å²) >= 11 is 0. The molecule has 2 atom stereocenters. The number of nitrogens with zero attached hydrogens (tertiary/aromatic N) is 1. The molecule has 0 aromatic carbocycles. The monoisotopic (exact) mass is 216 g/mol. The minimum Gasteiger partial charge on any atom is -0.354 e. The first-order chi connectivity index (χ1) is 7.17. The van der Waals surface area contributed by atoms with E-state index >= 15 is 0 Å². The molecule has 1 N–H and O–H groups in total. The van der Waals surface area contributed by atoms with Crippen molar-refractivity contribution in [2.24, 2.45) is 5.92 Å². The molecule has 1 aliphatic heterocycles. The normalized spacial score (nSPS) is 25.0. The second-order valence-electron chi connectivity index (χ2n) is 4.45. The Morgan fingerprint density at radius 2 is 2.07 bits per heavy atom. The number of ether oxygens (including phenoxy) is 2. The van der Waals surface area contributed by atoms with E-state index in [1.807, 2.05) is 0 Å². The molecule has 0 spiro atoms. The molecule has 2 unspecified atom stereocenters. The molecule has 0 bridgehead atoms. The van der Waals surface area contributed by atoms with Gasteiger partial charge in [0.25, 0.3) is 0 Å². The lowest BCUT2D eigenvalue weighted by atomic mass is 10.1. The van der Waals surface area contributed by atoms with Crippen molar-refractivity contribution in [2.45, 2.75) is 25.7 Å². The minimum atomic E-state index is -0.149. The van der Waals surface area contributed by atoms with Crippen LogP contribution in [-0.4, -0.2) is 58.1 Å². The van der Waals surface area contributed by atoms with Gasteiger partial charge in [0, 0.05) is 20.8 Å². The van der Waals surface area contributed by atoms with Gasteiger partial charge in [-0.2, -0.15) is 0 Å². The molecule has 0 radical (unpaired) electrons. The van der Waals surface area contributed by atoms with E-state index in [0.717, 1.165) is 12.5 Å². The highest BCUT2D eigenvalue weighted by Crippen LogP contribution is 2.13. The van der Waals surface area contributed by atoms with Gasteiger partial charge in [-0.25, -0.2) is 0 Å². The number of methoxy groups -OCH3 is 2. The van der Waals surface area contributed by atoms with E-state index in [1.54, 1.807) is 14.2 Å². The maximum Gasteiger partial charge on any atom is 0.171 e. The molecule has 1 aliphatic rings. The maximum atomic E-state index is 5.20. The first kappa shape index (κ1) is 12.9. The van der Waals surface area contributed by atoms with Crippen LogP contribution in [0, 0.1) is 5.92 Å². The van der Waals surface area contributed by atoms with Crippen molar-refractivity contribution in [1.82, 2.24) is 10.2 Å². The van der Waals surface area contributed by atoms with Crippen molar-refractivity contribution < 1.29 is 9.47 Å². The van der Waals surface area contributed by atoms with Gasteiger partial charge in [0.2, 0.25) is 0 Å². The van der Waals surface area contributed by atoms with Crippen molar-refractivity contribution in [2.75, 3.05) is 40.9 Å². The highest BCUT2D eigenvalue weighted by molar-refractivity contribution is 4.76. The summed E-state index contributed by atoms with van der Waals surface area (Å²) in [6.45, 7) is 5.56. The first-order valence-corrected chi connectivity index (χ1v) is 5.65. The van der Waals surface area contributed by atoms with Crippen molar-refractivity contribution in [3.8, 4) is 0 Å². The Labute approximate surface area is 92.9 Å². The zero-order valence-corrected chi connectivity index (χ0v) is 10.3. The maximum absolute atomic E-state index is 5.20. The molecule has 0 aromatic heterocycles. The third kappa shape index (κ3) is 4.07. The third-order valence-electron chi connectivity index (χ3n) is 3.09. The molecule has 1 fully saturated rings. The molecule has 15 heavy (non-hydrogen) atoms. The Morgan fingerprint density at radius 1 is 1.40 bits per heavy atom. The molecule has 0 saturated carbocycles. The first-order valence-electron chi connectivity index (χ1n) is 5.65. The average Bonchev–Trinajstić information content (AvgIpc) is 2.63. The van der Waals surface area contributed by atoms with Gasteiger partial charge in [0.1, 0.15) is 0 Å². The van der Waals surface area contributed by atoms with Gasteiger partial charge in [-0.3, -0.25) is 0 Å². The Hall–Kier alpha value is -0.160. The summed E-state index contributed by atoms with van der Waals surface area (Å²) in [5, 5.41) is 3.47. The number of hydrogen-bond acceptors (Lipinski definition) is 4. The van der Waals surface area contributed by atoms with E-state index < -0.39 is 0 Å². The van der Waals surface area contributed by atoms with E-state index in [9.17, 15) is 0 Å². The van der Waals surface area contributed by atoms with E-state index in [4.69, 9.17) is 9.47 Å². The Balaban J connectivity index is 2.18. The van der Waals surface area contributed by atoms with Gasteiger partial charge in [-0.05, 0) is 39.4 Å². The standard InChI is InChI=1S/C11H24N2O2/c1-9(11(14-3)15-4)12-7-10-5-6-13(2)8-10/h9-12H,5-8H2,1-4H3. The fourth-order valence-electron chi connectivity index (χ4n) is 2.15. The minimum absolute atomic E-state index is 0.149. The topological polar surface area (TPSA) is 33.7 Å². The van der Waals surface area contributed by atoms with Crippen LogP contribution in [0.25, 0.3) is 0 Å². The molecule has 1 rings (SSSR count). The van der Waals surface area contributed by atoms with E-state index in [1.165, 1.54) is 19.5 Å². The number of likely N-dealkylation sites (tertiary alicyclic amines) is 1. The molecule has 0 amide bonds. The van der Waals surface area contributed by atoms with Gasteiger partial charge in [-0.1, -0.05) is 0 Å². The highest BCUT2D eigenvalue weighted by atomic mass is 16.7. The lowest BCUT2D eigenvalue weighted by Crippen LogP contribution is -2.42. The molecular weight excluding hydrogens is 192 g/mol. The summed E-state index contributed by atoms with van der Waals surface area (Å²) in [4.78, 5) is 2.38. The summed E-state index contributed by atoms with van der Waals surface area (Å²) in [5.41, 5.74) is 0. The van der Waals surface area contributed by atoms with Crippen molar-refractivity contribution in [3.05, 3.63) is 0 Å². The van der Waals surface area contributed by atoms with Gasteiger partial charge in [-0.15, -0.1) is 0 Å². The summed E-state index contributed by atoms with van der Waals surface area (Å²) in [5.74, 6) is 0.770. The van der Waals surface area contributed by atoms with Crippen molar-refractivity contribution >= 4 is 0 Å². The van der Waals surface area contributed by atoms with Crippen LogP contribution in [0.3, 0.4) is 0 Å². The Morgan fingerprint density at radius 3 is 2.53 bits per heavy atom. The van der Waals surface area contributed by atoms with E-state index in [-0.39, 0.29) is 12.3 Å². The van der Waals surface area contributed by atoms with Crippen LogP contribution in [-0.2, 0) is 9.47 Å². The molecule has 4 heteroatoms. The summed E-state index contributed by atoms with van der Waals surface area (Å²) in [6.07, 6.45) is 1.14. The number of rotatable bonds is 6. The zero-order chi connectivity index (χ0) is 11.3. The van der Waals surface area contributed by atoms with Crippen LogP contribution in [0.5, 0.6) is 0 Å². The largest absolute Gasteiger partial charge is 0.354 e. The van der Waals surface area contributed by atoms with Gasteiger partial charge >= 0.3 is 0 Å². The summed E-state index contributed by atoms with van der Waals surface area (Å²) < 4.78 is 10.4. The van der Waals surface area contributed by atoms with Gasteiger partial charge in [0.05, 0.1) is 6.04 Å². The van der Waals surface area contributed by atoms with Crippen LogP contribution < -0.4 is 5.32 Å². The quantitative estimate of drug-likeness (QED) is 0.657. The van der Waals surface area contributed by atoms with Crippen LogP contribution in [0.4, 0.5) is 0 Å². The third-order valence-corrected chi connectivity index (χ3v) is 3.09. The predicted molar refractivity (Wildman–Crippen MR) is 60.9 cm³/mol. The summed E-state index contributed by atoms with van der Waals surface area (Å²) in [7, 11) is 5.53. The molecule has 1 saturated heterocycles. The smallest absolute Gasteiger partial charge is 0.171 e. The fourth-order valence-corrected chi connectivity index (χ4v) is 2.15. The van der Waals surface area contributed by atoms with Crippen molar-refractivity contribution in [3.63, 3.8) is 0 Å². The van der Waals surface area contributed by atoms with Crippen LogP contribution in [0.1, 0.15) is 13.3 Å². The molecular formula is C11H24N2O2. The van der Waals surface area contributed by atoms with E-state index in [2.05, 4.69) is 24.2 Å². The lowest BCUT2D eigenvalue weighted by Gasteiger charge is -2.23. The predicted octanol–water partition coefficient (Wildman–Crippen LogP) is 0.535. The lowest BCUT2D eigenvalue weighted by molar-refractivity contribution is -0.119. The second kappa shape index (κ2) is 6.43. The second-order valence-corrected chi connectivity index (χ2v) is 4.45. The molecule has 0 aliphatic carbocycles. The molecule has 4 nitrogen and oxygen atoms in total. The van der Waals surface area contributed by atoms with Gasteiger partial charge in [0.15, 0.2) is 6.29 Å². The Kier molecular flexibility index (Phi) is 5.53. The highest BCUT2D eigenvalue weighted by Gasteiger charge is 2.21. The van der Waals surface area contributed by atoms with Crippen molar-refractivity contribution in [1.29, 1.82) is 0 Å². The van der Waals surface area contributed by atoms with Crippen LogP contribution in [0.15, 0.2) is 0 Å². The average molecular weight is 216 g/mol. The number of hydrogen-bond donors (Lipinski definition) is 1. The van der Waals surface area contributed by atoms with Gasteiger partial charge < -0.3 is 19.7 Å².